The van der Waals surface area contributed by atoms with E-state index < -0.39 is 0 Å². The summed E-state index contributed by atoms with van der Waals surface area (Å²) in [5, 5.41) is 6.54. The molecule has 0 aliphatic carbocycles. The Morgan fingerprint density at radius 2 is 2.00 bits per heavy atom. The predicted molar refractivity (Wildman–Crippen MR) is 94.5 cm³/mol. The van der Waals surface area contributed by atoms with Crippen molar-refractivity contribution in [1.82, 2.24) is 10.6 Å². The largest absolute Gasteiger partial charge is 0.381 e. The number of halogens is 1. The van der Waals surface area contributed by atoms with Gasteiger partial charge in [0.2, 0.25) is 0 Å². The van der Waals surface area contributed by atoms with E-state index in [-0.39, 0.29) is 5.82 Å². The molecule has 130 valence electrons. The molecular formula is C18H30FN3O. The molecule has 0 amide bonds. The molecule has 1 aromatic carbocycles. The minimum Gasteiger partial charge on any atom is -0.381 e. The van der Waals surface area contributed by atoms with Gasteiger partial charge in [-0.15, -0.1) is 0 Å². The van der Waals surface area contributed by atoms with Crippen LogP contribution in [0.25, 0.3) is 0 Å². The van der Waals surface area contributed by atoms with Crippen LogP contribution in [0.4, 0.5) is 4.39 Å². The number of hydrogen-bond donors (Lipinski definition) is 2. The first kappa shape index (κ1) is 19.4. The summed E-state index contributed by atoms with van der Waals surface area (Å²) in [5.41, 5.74) is 2.13. The van der Waals surface area contributed by atoms with Crippen molar-refractivity contribution < 1.29 is 9.13 Å². The molecule has 1 rings (SSSR count). The number of guanidine groups is 1. The van der Waals surface area contributed by atoms with Gasteiger partial charge in [0, 0.05) is 33.4 Å². The number of rotatable bonds is 9. The Balaban J connectivity index is 2.19. The molecule has 0 fully saturated rings. The van der Waals surface area contributed by atoms with Gasteiger partial charge in [0.05, 0.1) is 0 Å². The van der Waals surface area contributed by atoms with Crippen molar-refractivity contribution in [2.75, 3.05) is 33.4 Å². The lowest BCUT2D eigenvalue weighted by atomic mass is 10.1. The molecule has 2 N–H and O–H groups in total. The second-order valence-corrected chi connectivity index (χ2v) is 6.07. The van der Waals surface area contributed by atoms with Crippen molar-refractivity contribution in [3.63, 3.8) is 0 Å². The van der Waals surface area contributed by atoms with Gasteiger partial charge in [0.25, 0.3) is 0 Å². The Kier molecular flexibility index (Phi) is 9.29. The van der Waals surface area contributed by atoms with E-state index in [0.717, 1.165) is 56.2 Å². The molecule has 0 atom stereocenters. The highest BCUT2D eigenvalue weighted by Gasteiger charge is 2.02. The van der Waals surface area contributed by atoms with E-state index in [4.69, 9.17) is 4.74 Å². The van der Waals surface area contributed by atoms with Crippen LogP contribution in [0, 0.1) is 18.7 Å². The van der Waals surface area contributed by atoms with E-state index in [1.807, 2.05) is 13.0 Å². The van der Waals surface area contributed by atoms with E-state index in [1.54, 1.807) is 13.1 Å². The standard InChI is InChI=1S/C18H30FN3O/c1-14(2)13-23-11-5-9-21-18(20-4)22-10-8-16-6-7-17(19)12-15(16)3/h6-7,12,14H,5,8-11,13H2,1-4H3,(H2,20,21,22). The molecule has 0 aliphatic rings. The highest BCUT2D eigenvalue weighted by atomic mass is 19.1. The molecule has 4 nitrogen and oxygen atoms in total. The van der Waals surface area contributed by atoms with Gasteiger partial charge >= 0.3 is 0 Å². The fourth-order valence-corrected chi connectivity index (χ4v) is 2.18. The molecule has 0 heterocycles. The third kappa shape index (κ3) is 8.55. The molecular weight excluding hydrogens is 293 g/mol. The van der Waals surface area contributed by atoms with Crippen LogP contribution in [-0.4, -0.2) is 39.3 Å². The number of hydrogen-bond acceptors (Lipinski definition) is 2. The van der Waals surface area contributed by atoms with Crippen LogP contribution in [0.3, 0.4) is 0 Å². The number of aliphatic imine (C=N–C) groups is 1. The molecule has 5 heteroatoms. The maximum Gasteiger partial charge on any atom is 0.190 e. The van der Waals surface area contributed by atoms with Gasteiger partial charge in [-0.25, -0.2) is 4.39 Å². The summed E-state index contributed by atoms with van der Waals surface area (Å²) >= 11 is 0. The van der Waals surface area contributed by atoms with Crippen LogP contribution in [0.15, 0.2) is 23.2 Å². The van der Waals surface area contributed by atoms with Crippen molar-refractivity contribution >= 4 is 5.96 Å². The second-order valence-electron chi connectivity index (χ2n) is 6.07. The zero-order chi connectivity index (χ0) is 17.1. The first-order valence-electron chi connectivity index (χ1n) is 8.30. The normalized spacial score (nSPS) is 11.8. The molecule has 0 radical (unpaired) electrons. The maximum atomic E-state index is 13.1. The minimum absolute atomic E-state index is 0.184. The Morgan fingerprint density at radius 1 is 1.26 bits per heavy atom. The first-order valence-corrected chi connectivity index (χ1v) is 8.30. The summed E-state index contributed by atoms with van der Waals surface area (Å²) in [5.74, 6) is 1.18. The van der Waals surface area contributed by atoms with Crippen LogP contribution < -0.4 is 10.6 Å². The Labute approximate surface area is 139 Å². The average molecular weight is 323 g/mol. The molecule has 0 saturated carbocycles. The van der Waals surface area contributed by atoms with Crippen molar-refractivity contribution in [1.29, 1.82) is 0 Å². The molecule has 1 aromatic rings. The quantitative estimate of drug-likeness (QED) is 0.417. The monoisotopic (exact) mass is 323 g/mol. The van der Waals surface area contributed by atoms with E-state index in [1.165, 1.54) is 6.07 Å². The van der Waals surface area contributed by atoms with Crippen molar-refractivity contribution in [3.8, 4) is 0 Å². The zero-order valence-corrected chi connectivity index (χ0v) is 14.8. The Hall–Kier alpha value is -1.62. The molecule has 0 saturated heterocycles. The average Bonchev–Trinajstić information content (AvgIpc) is 2.50. The SMILES string of the molecule is CN=C(NCCCOCC(C)C)NCCc1ccc(F)cc1C. The Bertz CT molecular complexity index is 489. The molecule has 0 unspecified atom stereocenters. The topological polar surface area (TPSA) is 45.7 Å². The summed E-state index contributed by atoms with van der Waals surface area (Å²) in [6.45, 7) is 9.38. The van der Waals surface area contributed by atoms with Crippen LogP contribution in [0.5, 0.6) is 0 Å². The van der Waals surface area contributed by atoms with Crippen LogP contribution in [0.2, 0.25) is 0 Å². The lowest BCUT2D eigenvalue weighted by Gasteiger charge is -2.13. The van der Waals surface area contributed by atoms with E-state index in [2.05, 4.69) is 29.5 Å². The second kappa shape index (κ2) is 11.0. The number of nitrogens with one attached hydrogen (secondary N) is 2. The summed E-state index contributed by atoms with van der Waals surface area (Å²) in [7, 11) is 1.76. The summed E-state index contributed by atoms with van der Waals surface area (Å²) in [6, 6.07) is 4.92. The zero-order valence-electron chi connectivity index (χ0n) is 14.8. The molecule has 0 aromatic heterocycles. The van der Waals surface area contributed by atoms with Crippen molar-refractivity contribution in [2.45, 2.75) is 33.6 Å². The first-order chi connectivity index (χ1) is 11.0. The van der Waals surface area contributed by atoms with Gasteiger partial charge < -0.3 is 15.4 Å². The van der Waals surface area contributed by atoms with E-state index in [9.17, 15) is 4.39 Å². The van der Waals surface area contributed by atoms with Crippen LogP contribution >= 0.6 is 0 Å². The van der Waals surface area contributed by atoms with Crippen molar-refractivity contribution in [2.24, 2.45) is 10.9 Å². The highest BCUT2D eigenvalue weighted by Crippen LogP contribution is 2.10. The van der Waals surface area contributed by atoms with Gasteiger partial charge in [0.15, 0.2) is 5.96 Å². The minimum atomic E-state index is -0.184. The van der Waals surface area contributed by atoms with Gasteiger partial charge in [-0.3, -0.25) is 4.99 Å². The van der Waals surface area contributed by atoms with Crippen LogP contribution in [-0.2, 0) is 11.2 Å². The third-order valence-corrected chi connectivity index (χ3v) is 3.42. The van der Waals surface area contributed by atoms with Crippen LogP contribution in [0.1, 0.15) is 31.4 Å². The lowest BCUT2D eigenvalue weighted by Crippen LogP contribution is -2.39. The number of ether oxygens (including phenoxy) is 1. The summed E-state index contributed by atoms with van der Waals surface area (Å²) in [4.78, 5) is 4.20. The molecule has 0 spiro atoms. The fraction of sp³-hybridized carbons (Fsp3) is 0.611. The van der Waals surface area contributed by atoms with E-state index >= 15 is 0 Å². The molecule has 0 aliphatic heterocycles. The van der Waals surface area contributed by atoms with Gasteiger partial charge in [-0.2, -0.15) is 0 Å². The predicted octanol–water partition coefficient (Wildman–Crippen LogP) is 2.90. The third-order valence-electron chi connectivity index (χ3n) is 3.42. The van der Waals surface area contributed by atoms with Gasteiger partial charge in [-0.05, 0) is 48.9 Å². The van der Waals surface area contributed by atoms with Crippen molar-refractivity contribution in [3.05, 3.63) is 35.1 Å². The summed E-state index contributed by atoms with van der Waals surface area (Å²) in [6.07, 6.45) is 1.79. The van der Waals surface area contributed by atoms with E-state index in [0.29, 0.717) is 5.92 Å². The fourth-order valence-electron chi connectivity index (χ4n) is 2.18. The number of nitrogens with zero attached hydrogens (tertiary/aromatic N) is 1. The highest BCUT2D eigenvalue weighted by molar-refractivity contribution is 5.79. The summed E-state index contributed by atoms with van der Waals surface area (Å²) < 4.78 is 18.6. The van der Waals surface area contributed by atoms with Gasteiger partial charge in [-0.1, -0.05) is 19.9 Å². The Morgan fingerprint density at radius 3 is 2.65 bits per heavy atom. The number of benzene rings is 1. The smallest absolute Gasteiger partial charge is 0.190 e. The maximum absolute atomic E-state index is 13.1. The molecule has 0 bridgehead atoms. The van der Waals surface area contributed by atoms with Gasteiger partial charge in [0.1, 0.15) is 5.82 Å². The number of aryl methyl sites for hydroxylation is 1. The molecule has 23 heavy (non-hydrogen) atoms. The lowest BCUT2D eigenvalue weighted by molar-refractivity contribution is 0.108.